The van der Waals surface area contributed by atoms with Crippen LogP contribution in [0.3, 0.4) is 0 Å². The molecule has 0 saturated heterocycles. The Morgan fingerprint density at radius 2 is 2.00 bits per heavy atom. The number of pyridine rings is 1. The first kappa shape index (κ1) is 14.1. The van der Waals surface area contributed by atoms with Gasteiger partial charge >= 0.3 is 6.18 Å². The van der Waals surface area contributed by atoms with Gasteiger partial charge < -0.3 is 0 Å². The lowest BCUT2D eigenvalue weighted by Gasteiger charge is -2.13. The molecule has 0 saturated carbocycles. The SMILES string of the molecule is N#CCc1nc(I)c(C(F)F)cc1C(F)(F)F. The van der Waals surface area contributed by atoms with Gasteiger partial charge in [0.05, 0.1) is 29.3 Å². The van der Waals surface area contributed by atoms with E-state index in [1.165, 1.54) is 28.7 Å². The summed E-state index contributed by atoms with van der Waals surface area (Å²) in [5.41, 5.74) is -2.59. The summed E-state index contributed by atoms with van der Waals surface area (Å²) < 4.78 is 62.3. The Morgan fingerprint density at radius 3 is 2.41 bits per heavy atom. The molecule has 0 spiro atoms. The van der Waals surface area contributed by atoms with Crippen molar-refractivity contribution in [1.29, 1.82) is 5.26 Å². The van der Waals surface area contributed by atoms with Gasteiger partial charge in [-0.05, 0) is 28.7 Å². The molecule has 0 bridgehead atoms. The number of rotatable bonds is 2. The predicted octanol–water partition coefficient (Wildman–Crippen LogP) is 3.71. The molecule has 0 aromatic carbocycles. The monoisotopic (exact) mass is 362 g/mol. The molecule has 1 rings (SSSR count). The first-order valence-electron chi connectivity index (χ1n) is 4.19. The van der Waals surface area contributed by atoms with E-state index in [0.717, 1.165) is 0 Å². The van der Waals surface area contributed by atoms with Crippen LogP contribution in [0.4, 0.5) is 22.0 Å². The van der Waals surface area contributed by atoms with Crippen LogP contribution in [0, 0.1) is 15.0 Å². The van der Waals surface area contributed by atoms with E-state index in [2.05, 4.69) is 4.98 Å². The molecule has 2 nitrogen and oxygen atoms in total. The van der Waals surface area contributed by atoms with Crippen molar-refractivity contribution in [3.8, 4) is 6.07 Å². The number of nitrogens with zero attached hydrogens (tertiary/aromatic N) is 2. The molecule has 1 aromatic rings. The third-order valence-electron chi connectivity index (χ3n) is 1.87. The van der Waals surface area contributed by atoms with Crippen molar-refractivity contribution in [3.63, 3.8) is 0 Å². The number of alkyl halides is 5. The van der Waals surface area contributed by atoms with Crippen LogP contribution < -0.4 is 0 Å². The smallest absolute Gasteiger partial charge is 0.245 e. The van der Waals surface area contributed by atoms with Crippen molar-refractivity contribution in [3.05, 3.63) is 26.6 Å². The molecule has 0 atom stereocenters. The second kappa shape index (κ2) is 5.12. The highest BCUT2D eigenvalue weighted by atomic mass is 127. The molecular formula is C9H4F5IN2. The van der Waals surface area contributed by atoms with Crippen molar-refractivity contribution in [2.24, 2.45) is 0 Å². The van der Waals surface area contributed by atoms with E-state index in [0.29, 0.717) is 6.07 Å². The Balaban J connectivity index is 3.43. The topological polar surface area (TPSA) is 36.7 Å². The van der Waals surface area contributed by atoms with E-state index in [-0.39, 0.29) is 3.70 Å². The quantitative estimate of drug-likeness (QED) is 0.457. The van der Waals surface area contributed by atoms with Crippen LogP contribution in [0.2, 0.25) is 0 Å². The minimum absolute atomic E-state index is 0.226. The van der Waals surface area contributed by atoms with Gasteiger partial charge in [-0.2, -0.15) is 18.4 Å². The van der Waals surface area contributed by atoms with E-state index < -0.39 is 35.8 Å². The van der Waals surface area contributed by atoms with E-state index in [4.69, 9.17) is 5.26 Å². The lowest BCUT2D eigenvalue weighted by Crippen LogP contribution is -2.13. The maximum Gasteiger partial charge on any atom is 0.418 e. The summed E-state index contributed by atoms with van der Waals surface area (Å²) in [6.07, 6.45) is -8.41. The number of aromatic nitrogens is 1. The Hall–Kier alpha value is -0.980. The van der Waals surface area contributed by atoms with E-state index in [9.17, 15) is 22.0 Å². The highest BCUT2D eigenvalue weighted by Gasteiger charge is 2.35. The fraction of sp³-hybridized carbons (Fsp3) is 0.333. The predicted molar refractivity (Wildman–Crippen MR) is 56.2 cm³/mol. The molecule has 1 heterocycles. The average molecular weight is 362 g/mol. The third-order valence-corrected chi connectivity index (χ3v) is 2.73. The van der Waals surface area contributed by atoms with Gasteiger partial charge in [0, 0.05) is 0 Å². The Morgan fingerprint density at radius 1 is 1.41 bits per heavy atom. The van der Waals surface area contributed by atoms with Crippen molar-refractivity contribution < 1.29 is 22.0 Å². The van der Waals surface area contributed by atoms with Crippen LogP contribution in [0.15, 0.2) is 6.07 Å². The van der Waals surface area contributed by atoms with Crippen molar-refractivity contribution in [2.45, 2.75) is 19.0 Å². The van der Waals surface area contributed by atoms with Crippen LogP contribution >= 0.6 is 22.6 Å². The summed E-state index contributed by atoms with van der Waals surface area (Å²) in [5, 5.41) is 8.37. The van der Waals surface area contributed by atoms with Gasteiger partial charge in [-0.15, -0.1) is 0 Å². The minimum Gasteiger partial charge on any atom is -0.245 e. The summed E-state index contributed by atoms with van der Waals surface area (Å²) >= 11 is 1.42. The third kappa shape index (κ3) is 3.24. The van der Waals surface area contributed by atoms with Crippen molar-refractivity contribution >= 4 is 22.6 Å². The fourth-order valence-corrected chi connectivity index (χ4v) is 1.83. The second-order valence-corrected chi connectivity index (χ2v) is 4.02. The Bertz CT molecular complexity index is 464. The molecule has 8 heteroatoms. The summed E-state index contributed by atoms with van der Waals surface area (Å²) in [4.78, 5) is 3.41. The molecule has 0 fully saturated rings. The lowest BCUT2D eigenvalue weighted by molar-refractivity contribution is -0.138. The molecule has 92 valence electrons. The number of halogens is 6. The lowest BCUT2D eigenvalue weighted by atomic mass is 10.1. The Kier molecular flexibility index (Phi) is 4.24. The number of hydrogen-bond donors (Lipinski definition) is 0. The van der Waals surface area contributed by atoms with E-state index in [1.807, 2.05) is 0 Å². The van der Waals surface area contributed by atoms with Gasteiger partial charge in [-0.25, -0.2) is 13.8 Å². The highest BCUT2D eigenvalue weighted by Crippen LogP contribution is 2.35. The van der Waals surface area contributed by atoms with Gasteiger partial charge in [-0.3, -0.25) is 0 Å². The van der Waals surface area contributed by atoms with Crippen LogP contribution in [-0.2, 0) is 12.6 Å². The molecule has 1 aromatic heterocycles. The zero-order valence-corrected chi connectivity index (χ0v) is 10.2. The van der Waals surface area contributed by atoms with Gasteiger partial charge in [0.25, 0.3) is 6.43 Å². The summed E-state index contributed by atoms with van der Waals surface area (Å²) in [7, 11) is 0. The average Bonchev–Trinajstić information content (AvgIpc) is 2.15. The standard InChI is InChI=1S/C9H4F5IN2/c10-7(11)4-3-5(9(12,13)14)6(1-2-16)17-8(4)15/h3,7H,1H2. The van der Waals surface area contributed by atoms with Gasteiger partial charge in [0.1, 0.15) is 3.70 Å². The molecule has 0 amide bonds. The summed E-state index contributed by atoms with van der Waals surface area (Å²) in [6, 6.07) is 1.87. The van der Waals surface area contributed by atoms with Crippen molar-refractivity contribution in [2.75, 3.05) is 0 Å². The maximum absolute atomic E-state index is 12.6. The van der Waals surface area contributed by atoms with Gasteiger partial charge in [-0.1, -0.05) is 0 Å². The summed E-state index contributed by atoms with van der Waals surface area (Å²) in [5.74, 6) is 0. The van der Waals surface area contributed by atoms with Crippen LogP contribution in [0.25, 0.3) is 0 Å². The van der Waals surface area contributed by atoms with Crippen molar-refractivity contribution in [1.82, 2.24) is 4.98 Å². The van der Waals surface area contributed by atoms with Gasteiger partial charge in [0.2, 0.25) is 0 Å². The van der Waals surface area contributed by atoms with Crippen LogP contribution in [0.5, 0.6) is 0 Å². The zero-order chi connectivity index (χ0) is 13.2. The first-order valence-corrected chi connectivity index (χ1v) is 5.27. The number of nitriles is 1. The van der Waals surface area contributed by atoms with Crippen LogP contribution in [-0.4, -0.2) is 4.98 Å². The maximum atomic E-state index is 12.6. The normalized spacial score (nSPS) is 11.6. The largest absolute Gasteiger partial charge is 0.418 e. The Labute approximate surface area is 107 Å². The molecule has 0 N–H and O–H groups in total. The van der Waals surface area contributed by atoms with Gasteiger partial charge in [0.15, 0.2) is 0 Å². The first-order chi connectivity index (χ1) is 7.77. The summed E-state index contributed by atoms with van der Waals surface area (Å²) in [6.45, 7) is 0. The number of hydrogen-bond acceptors (Lipinski definition) is 2. The molecular weight excluding hydrogens is 358 g/mol. The molecule has 0 aliphatic heterocycles. The minimum atomic E-state index is -4.80. The molecule has 17 heavy (non-hydrogen) atoms. The molecule has 0 radical (unpaired) electrons. The molecule has 0 unspecified atom stereocenters. The molecule has 0 aliphatic rings. The van der Waals surface area contributed by atoms with E-state index in [1.54, 1.807) is 0 Å². The second-order valence-electron chi connectivity index (χ2n) is 3.00. The highest BCUT2D eigenvalue weighted by molar-refractivity contribution is 14.1. The van der Waals surface area contributed by atoms with E-state index >= 15 is 0 Å². The molecule has 0 aliphatic carbocycles. The zero-order valence-electron chi connectivity index (χ0n) is 8.02. The van der Waals surface area contributed by atoms with Crippen LogP contribution in [0.1, 0.15) is 23.2 Å². The fourth-order valence-electron chi connectivity index (χ4n) is 1.15.